The molecule has 5 nitrogen and oxygen atoms in total. The van der Waals surface area contributed by atoms with E-state index >= 15 is 0 Å². The second-order valence-corrected chi connectivity index (χ2v) is 16.6. The lowest BCUT2D eigenvalue weighted by Gasteiger charge is -2.35. The van der Waals surface area contributed by atoms with Crippen LogP contribution in [0.15, 0.2) is 209 Å². The van der Waals surface area contributed by atoms with E-state index in [2.05, 4.69) is 146 Å². The molecule has 0 saturated carbocycles. The number of aromatic nitrogens is 3. The summed E-state index contributed by atoms with van der Waals surface area (Å²) in [5.41, 5.74) is 17.3. The van der Waals surface area contributed by atoms with E-state index in [9.17, 15) is 0 Å². The Bertz CT molecular complexity index is 3880. The normalized spacial score (nSPS) is 14.7. The van der Waals surface area contributed by atoms with Gasteiger partial charge in [0.05, 0.1) is 5.41 Å². The second kappa shape index (κ2) is 12.8. The van der Waals surface area contributed by atoms with Crippen molar-refractivity contribution in [3.63, 3.8) is 0 Å². The summed E-state index contributed by atoms with van der Waals surface area (Å²) in [6, 6.07) is 71.0. The van der Waals surface area contributed by atoms with Crippen molar-refractivity contribution in [2.45, 2.75) is 5.41 Å². The van der Waals surface area contributed by atoms with Gasteiger partial charge in [-0.1, -0.05) is 164 Å². The number of nitrogens with zero attached hydrogens (tertiary/aromatic N) is 3. The molecule has 0 fully saturated rings. The second-order valence-electron chi connectivity index (χ2n) is 16.6. The molecule has 1 atom stereocenters. The third-order valence-corrected chi connectivity index (χ3v) is 13.4. The summed E-state index contributed by atoms with van der Waals surface area (Å²) < 4.78 is 13.1. The Morgan fingerprint density at radius 1 is 0.286 bits per heavy atom. The molecule has 9 aromatic carbocycles. The molecule has 1 spiro atoms. The first kappa shape index (κ1) is 34.3. The van der Waals surface area contributed by atoms with Crippen molar-refractivity contribution >= 4 is 43.9 Å². The quantitative estimate of drug-likeness (QED) is 0.178. The zero-order valence-corrected chi connectivity index (χ0v) is 33.7. The Balaban J connectivity index is 1.10. The molecule has 2 aliphatic carbocycles. The Morgan fingerprint density at radius 3 is 1.57 bits per heavy atom. The molecule has 5 heteroatoms. The highest BCUT2D eigenvalue weighted by Gasteiger charge is 2.50. The van der Waals surface area contributed by atoms with Crippen molar-refractivity contribution in [1.29, 1.82) is 0 Å². The number of benzene rings is 9. The van der Waals surface area contributed by atoms with Crippen LogP contribution in [0.1, 0.15) is 22.3 Å². The Labute approximate surface area is 361 Å². The molecule has 14 rings (SSSR count). The third-order valence-electron chi connectivity index (χ3n) is 13.4. The fourth-order valence-electron chi connectivity index (χ4n) is 10.7. The van der Waals surface area contributed by atoms with Gasteiger partial charge in [-0.25, -0.2) is 15.0 Å². The van der Waals surface area contributed by atoms with E-state index in [1.165, 1.54) is 44.5 Å². The Morgan fingerprint density at radius 2 is 0.810 bits per heavy atom. The van der Waals surface area contributed by atoms with Crippen molar-refractivity contribution in [2.75, 3.05) is 0 Å². The number of hydrogen-bond donors (Lipinski definition) is 0. The van der Waals surface area contributed by atoms with E-state index in [4.69, 9.17) is 23.8 Å². The number of rotatable bonds is 3. The van der Waals surface area contributed by atoms with Gasteiger partial charge in [0, 0.05) is 38.2 Å². The molecule has 0 saturated heterocycles. The molecular formula is C58H33N3O2. The van der Waals surface area contributed by atoms with Gasteiger partial charge in [-0.3, -0.25) is 0 Å². The van der Waals surface area contributed by atoms with Crippen LogP contribution >= 0.6 is 0 Å². The maximum absolute atomic E-state index is 6.70. The zero-order chi connectivity index (χ0) is 41.2. The molecule has 0 aliphatic heterocycles. The summed E-state index contributed by atoms with van der Waals surface area (Å²) in [4.78, 5) is 15.9. The fraction of sp³-hybridized carbons (Fsp3) is 0.0172. The predicted molar refractivity (Wildman–Crippen MR) is 252 cm³/mol. The lowest BCUT2D eigenvalue weighted by Crippen LogP contribution is -2.29. The Kier molecular flexibility index (Phi) is 6.97. The first-order chi connectivity index (χ1) is 31.2. The molecule has 12 aromatic rings. The minimum Gasteiger partial charge on any atom is -0.456 e. The van der Waals surface area contributed by atoms with E-state index in [-0.39, 0.29) is 0 Å². The first-order valence-corrected chi connectivity index (χ1v) is 21.3. The van der Waals surface area contributed by atoms with Gasteiger partial charge in [0.1, 0.15) is 22.3 Å². The molecular weight excluding hydrogens is 771 g/mol. The van der Waals surface area contributed by atoms with Crippen LogP contribution in [-0.2, 0) is 5.41 Å². The van der Waals surface area contributed by atoms with E-state index in [1.54, 1.807) is 0 Å². The van der Waals surface area contributed by atoms with Gasteiger partial charge in [-0.15, -0.1) is 0 Å². The summed E-state index contributed by atoms with van der Waals surface area (Å²) in [6.07, 6.45) is 0. The molecule has 292 valence electrons. The third kappa shape index (κ3) is 4.73. The van der Waals surface area contributed by atoms with Crippen LogP contribution in [0.2, 0.25) is 0 Å². The van der Waals surface area contributed by atoms with Crippen LogP contribution in [-0.4, -0.2) is 15.0 Å². The molecule has 0 bridgehead atoms. The SMILES string of the molecule is c1ccc(-c2nc(-c3ccc4c(c3)C3(c5ccccc5-c5ccccc5-4)c4ccccc4-c4cc5c(cc43)oc3ccccc35)nc(-c3cccc4oc5ccccc5c34)n2)cc1. The van der Waals surface area contributed by atoms with Crippen LogP contribution in [0.25, 0.3) is 111 Å². The zero-order valence-electron chi connectivity index (χ0n) is 33.7. The molecule has 63 heavy (non-hydrogen) atoms. The van der Waals surface area contributed by atoms with Crippen LogP contribution in [0.3, 0.4) is 0 Å². The van der Waals surface area contributed by atoms with Gasteiger partial charge < -0.3 is 8.83 Å². The molecule has 0 radical (unpaired) electrons. The van der Waals surface area contributed by atoms with Gasteiger partial charge in [0.15, 0.2) is 17.5 Å². The van der Waals surface area contributed by atoms with Gasteiger partial charge in [-0.05, 0) is 92.0 Å². The average Bonchev–Trinajstić information content (AvgIpc) is 3.99. The van der Waals surface area contributed by atoms with Crippen molar-refractivity contribution < 1.29 is 8.83 Å². The van der Waals surface area contributed by atoms with E-state index in [1.807, 2.05) is 54.6 Å². The topological polar surface area (TPSA) is 65.0 Å². The molecule has 0 N–H and O–H groups in total. The molecule has 0 amide bonds. The summed E-state index contributed by atoms with van der Waals surface area (Å²) in [6.45, 7) is 0. The van der Waals surface area contributed by atoms with Gasteiger partial charge >= 0.3 is 0 Å². The minimum atomic E-state index is -0.737. The highest BCUT2D eigenvalue weighted by atomic mass is 16.3. The van der Waals surface area contributed by atoms with Gasteiger partial charge in [0.2, 0.25) is 0 Å². The highest BCUT2D eigenvalue weighted by molar-refractivity contribution is 6.12. The fourth-order valence-corrected chi connectivity index (χ4v) is 10.7. The van der Waals surface area contributed by atoms with E-state index < -0.39 is 5.41 Å². The molecule has 3 aromatic heterocycles. The van der Waals surface area contributed by atoms with Crippen molar-refractivity contribution in [3.8, 4) is 67.5 Å². The average molecular weight is 804 g/mol. The highest BCUT2D eigenvalue weighted by Crippen LogP contribution is 2.62. The van der Waals surface area contributed by atoms with Crippen LogP contribution in [0.4, 0.5) is 0 Å². The van der Waals surface area contributed by atoms with Crippen LogP contribution < -0.4 is 0 Å². The monoisotopic (exact) mass is 803 g/mol. The Hall–Kier alpha value is -8.41. The lowest BCUT2D eigenvalue weighted by atomic mass is 9.65. The summed E-state index contributed by atoms with van der Waals surface area (Å²) >= 11 is 0. The smallest absolute Gasteiger partial charge is 0.164 e. The largest absolute Gasteiger partial charge is 0.456 e. The van der Waals surface area contributed by atoms with Crippen molar-refractivity contribution in [2.24, 2.45) is 0 Å². The van der Waals surface area contributed by atoms with Crippen LogP contribution in [0.5, 0.6) is 0 Å². The number of furan rings is 2. The van der Waals surface area contributed by atoms with Crippen molar-refractivity contribution in [3.05, 3.63) is 222 Å². The van der Waals surface area contributed by atoms with Gasteiger partial charge in [0.25, 0.3) is 0 Å². The maximum Gasteiger partial charge on any atom is 0.164 e. The van der Waals surface area contributed by atoms with E-state index in [0.29, 0.717) is 17.5 Å². The molecule has 1 unspecified atom stereocenters. The predicted octanol–water partition coefficient (Wildman–Crippen LogP) is 14.7. The minimum absolute atomic E-state index is 0.584. The maximum atomic E-state index is 6.70. The van der Waals surface area contributed by atoms with Gasteiger partial charge in [-0.2, -0.15) is 0 Å². The first-order valence-electron chi connectivity index (χ1n) is 21.3. The summed E-state index contributed by atoms with van der Waals surface area (Å²) in [7, 11) is 0. The number of fused-ring (bicyclic) bond motifs is 18. The number of para-hydroxylation sites is 2. The summed E-state index contributed by atoms with van der Waals surface area (Å²) in [5, 5.41) is 4.23. The van der Waals surface area contributed by atoms with E-state index in [0.717, 1.165) is 71.7 Å². The lowest BCUT2D eigenvalue weighted by molar-refractivity contribution is 0.666. The number of hydrogen-bond acceptors (Lipinski definition) is 5. The molecule has 2 aliphatic rings. The standard InChI is InChI=1S/C58H33N3O2/c1-2-15-34(16-3-1)55-59-56(61-57(60-55)43-23-14-28-52-54(43)42-22-9-13-27-51(42)62-52)35-29-30-40-37-18-5-4-17-36(37)38-19-6-10-24-46(38)58(48(40)31-35)47-25-11-7-20-39(47)44-32-45-41-21-8-12-26-50(41)63-53(45)33-49(44)58/h1-33H. The summed E-state index contributed by atoms with van der Waals surface area (Å²) in [5.74, 6) is 1.77. The van der Waals surface area contributed by atoms with Crippen molar-refractivity contribution in [1.82, 2.24) is 15.0 Å². The van der Waals surface area contributed by atoms with Crippen LogP contribution in [0, 0.1) is 0 Å². The molecule has 3 heterocycles.